The second kappa shape index (κ2) is 5.71. The Kier molecular flexibility index (Phi) is 3.79. The van der Waals surface area contributed by atoms with Crippen LogP contribution >= 0.6 is 11.6 Å². The number of benzene rings is 1. The lowest BCUT2D eigenvalue weighted by molar-refractivity contribution is 0.0981. The van der Waals surface area contributed by atoms with Crippen molar-refractivity contribution >= 4 is 17.4 Å². The molecule has 102 valence electrons. The number of carbonyl (C=O) groups is 1. The molecular weight excluding hydrogens is 272 g/mol. The quantitative estimate of drug-likeness (QED) is 0.792. The third-order valence-electron chi connectivity index (χ3n) is 3.59. The minimum absolute atomic E-state index is 0.168. The van der Waals surface area contributed by atoms with E-state index in [0.29, 0.717) is 18.4 Å². The van der Waals surface area contributed by atoms with Crippen LogP contribution in [-0.4, -0.2) is 15.8 Å². The third kappa shape index (κ3) is 2.73. The van der Waals surface area contributed by atoms with Crippen molar-refractivity contribution in [3.63, 3.8) is 0 Å². The van der Waals surface area contributed by atoms with Gasteiger partial charge in [-0.2, -0.15) is 0 Å². The monoisotopic (exact) mass is 286 g/mol. The first kappa shape index (κ1) is 13.3. The Bertz CT molecular complexity index is 655. The van der Waals surface area contributed by atoms with E-state index < -0.39 is 0 Å². The summed E-state index contributed by atoms with van der Waals surface area (Å²) in [7, 11) is 0. The minimum atomic E-state index is 0.168. The van der Waals surface area contributed by atoms with E-state index in [4.69, 9.17) is 11.6 Å². The van der Waals surface area contributed by atoms with Crippen LogP contribution in [0.4, 0.5) is 0 Å². The van der Waals surface area contributed by atoms with E-state index >= 15 is 0 Å². The van der Waals surface area contributed by atoms with E-state index in [-0.39, 0.29) is 5.78 Å². The average molecular weight is 287 g/mol. The number of carbonyl (C=O) groups excluding carboxylic acids is 1. The number of nitrogens with zero attached hydrogens (tertiary/aromatic N) is 2. The van der Waals surface area contributed by atoms with Gasteiger partial charge in [-0.1, -0.05) is 29.8 Å². The van der Waals surface area contributed by atoms with Gasteiger partial charge in [0.25, 0.3) is 0 Å². The lowest BCUT2D eigenvalue weighted by atomic mass is 10.1. The third-order valence-corrected chi connectivity index (χ3v) is 3.96. The molecule has 0 bridgehead atoms. The molecule has 1 aliphatic rings. The highest BCUT2D eigenvalue weighted by molar-refractivity contribution is 6.31. The van der Waals surface area contributed by atoms with Gasteiger partial charge >= 0.3 is 0 Å². The summed E-state index contributed by atoms with van der Waals surface area (Å²) in [5, 5.41) is 0.724. The Balaban J connectivity index is 1.91. The van der Waals surface area contributed by atoms with E-state index in [2.05, 4.69) is 9.97 Å². The standard InChI is InChI=1S/C16H15ClN2O/c17-13-6-2-1-5-11(13)9-16-18-10-12-14(19-16)7-3-4-8-15(12)20/h1-2,5-6,10H,3-4,7-9H2. The maximum atomic E-state index is 11.9. The number of aromatic nitrogens is 2. The molecule has 0 N–H and O–H groups in total. The molecule has 3 rings (SSSR count). The number of ketones is 1. The maximum Gasteiger partial charge on any atom is 0.166 e. The van der Waals surface area contributed by atoms with Crippen LogP contribution in [0.2, 0.25) is 5.02 Å². The van der Waals surface area contributed by atoms with Crippen molar-refractivity contribution in [1.29, 1.82) is 0 Å². The molecule has 0 fully saturated rings. The molecular formula is C16H15ClN2O. The number of halogens is 1. The minimum Gasteiger partial charge on any atom is -0.294 e. The van der Waals surface area contributed by atoms with Gasteiger partial charge in [0.1, 0.15) is 5.82 Å². The predicted octanol–water partition coefficient (Wildman–Crippen LogP) is 3.63. The lowest BCUT2D eigenvalue weighted by Crippen LogP contribution is -2.07. The molecule has 1 aromatic heterocycles. The van der Waals surface area contributed by atoms with Crippen LogP contribution in [0.5, 0.6) is 0 Å². The van der Waals surface area contributed by atoms with Crippen LogP contribution in [0.1, 0.15) is 46.7 Å². The first-order valence-electron chi connectivity index (χ1n) is 6.85. The fraction of sp³-hybridized carbons (Fsp3) is 0.312. The van der Waals surface area contributed by atoms with Gasteiger partial charge in [-0.05, 0) is 30.9 Å². The van der Waals surface area contributed by atoms with Gasteiger partial charge in [-0.25, -0.2) is 9.97 Å². The number of hydrogen-bond acceptors (Lipinski definition) is 3. The molecule has 0 aliphatic heterocycles. The van der Waals surface area contributed by atoms with E-state index in [1.165, 1.54) is 0 Å². The zero-order chi connectivity index (χ0) is 13.9. The highest BCUT2D eigenvalue weighted by Gasteiger charge is 2.18. The molecule has 0 saturated heterocycles. The lowest BCUT2D eigenvalue weighted by Gasteiger charge is -2.07. The molecule has 0 spiro atoms. The largest absolute Gasteiger partial charge is 0.294 e. The van der Waals surface area contributed by atoms with E-state index in [0.717, 1.165) is 41.4 Å². The Labute approximate surface area is 123 Å². The summed E-state index contributed by atoms with van der Waals surface area (Å²) in [6.07, 6.45) is 5.71. The molecule has 0 radical (unpaired) electrons. The molecule has 0 atom stereocenters. The summed E-state index contributed by atoms with van der Waals surface area (Å²) in [6.45, 7) is 0. The Hall–Kier alpha value is -1.74. The molecule has 0 amide bonds. The normalized spacial score (nSPS) is 14.8. The molecule has 1 aromatic carbocycles. The molecule has 0 unspecified atom stereocenters. The Morgan fingerprint density at radius 1 is 1.15 bits per heavy atom. The van der Waals surface area contributed by atoms with Crippen LogP contribution in [0, 0.1) is 0 Å². The van der Waals surface area contributed by atoms with E-state index in [1.807, 2.05) is 24.3 Å². The van der Waals surface area contributed by atoms with E-state index in [9.17, 15) is 4.79 Å². The second-order valence-corrected chi connectivity index (χ2v) is 5.45. The maximum absolute atomic E-state index is 11.9. The van der Waals surface area contributed by atoms with Gasteiger partial charge in [-0.3, -0.25) is 4.79 Å². The van der Waals surface area contributed by atoms with Crippen LogP contribution in [0.25, 0.3) is 0 Å². The first-order valence-corrected chi connectivity index (χ1v) is 7.23. The SMILES string of the molecule is O=C1CCCCc2nc(Cc3ccccc3Cl)ncc21. The molecule has 1 heterocycles. The van der Waals surface area contributed by atoms with Crippen molar-refractivity contribution in [3.05, 3.63) is 58.1 Å². The van der Waals surface area contributed by atoms with Crippen molar-refractivity contribution in [3.8, 4) is 0 Å². The van der Waals surface area contributed by atoms with Gasteiger partial charge in [-0.15, -0.1) is 0 Å². The van der Waals surface area contributed by atoms with Gasteiger partial charge in [0, 0.05) is 24.1 Å². The van der Waals surface area contributed by atoms with Crippen LogP contribution in [0.3, 0.4) is 0 Å². The zero-order valence-electron chi connectivity index (χ0n) is 11.1. The second-order valence-electron chi connectivity index (χ2n) is 5.05. The fourth-order valence-corrected chi connectivity index (χ4v) is 2.69. The van der Waals surface area contributed by atoms with Crippen molar-refractivity contribution in [1.82, 2.24) is 9.97 Å². The molecule has 20 heavy (non-hydrogen) atoms. The predicted molar refractivity (Wildman–Crippen MR) is 78.2 cm³/mol. The number of fused-ring (bicyclic) bond motifs is 1. The zero-order valence-corrected chi connectivity index (χ0v) is 11.9. The van der Waals surface area contributed by atoms with Crippen LogP contribution < -0.4 is 0 Å². The number of aryl methyl sites for hydroxylation is 1. The summed E-state index contributed by atoms with van der Waals surface area (Å²) < 4.78 is 0. The van der Waals surface area contributed by atoms with Crippen LogP contribution in [0.15, 0.2) is 30.5 Å². The smallest absolute Gasteiger partial charge is 0.166 e. The summed E-state index contributed by atoms with van der Waals surface area (Å²) >= 11 is 6.16. The Morgan fingerprint density at radius 3 is 2.80 bits per heavy atom. The number of rotatable bonds is 2. The molecule has 3 nitrogen and oxygen atoms in total. The first-order chi connectivity index (χ1) is 9.74. The van der Waals surface area contributed by atoms with Crippen molar-refractivity contribution in [2.45, 2.75) is 32.1 Å². The van der Waals surface area contributed by atoms with Crippen molar-refractivity contribution in [2.24, 2.45) is 0 Å². The number of hydrogen-bond donors (Lipinski definition) is 0. The summed E-state index contributed by atoms with van der Waals surface area (Å²) in [5.74, 6) is 0.897. The fourth-order valence-electron chi connectivity index (χ4n) is 2.49. The summed E-state index contributed by atoms with van der Waals surface area (Å²) in [5.41, 5.74) is 2.60. The van der Waals surface area contributed by atoms with Crippen molar-refractivity contribution < 1.29 is 4.79 Å². The van der Waals surface area contributed by atoms with Gasteiger partial charge in [0.2, 0.25) is 0 Å². The van der Waals surface area contributed by atoms with Crippen molar-refractivity contribution in [2.75, 3.05) is 0 Å². The highest BCUT2D eigenvalue weighted by atomic mass is 35.5. The van der Waals surface area contributed by atoms with Gasteiger partial charge in [0.15, 0.2) is 5.78 Å². The van der Waals surface area contributed by atoms with Gasteiger partial charge in [0.05, 0.1) is 11.3 Å². The van der Waals surface area contributed by atoms with E-state index in [1.54, 1.807) is 6.20 Å². The Morgan fingerprint density at radius 2 is 1.95 bits per heavy atom. The molecule has 1 aliphatic carbocycles. The highest BCUT2D eigenvalue weighted by Crippen LogP contribution is 2.21. The summed E-state index contributed by atoms with van der Waals surface area (Å²) in [6, 6.07) is 7.70. The number of Topliss-reactive ketones (excluding diaryl/α,β-unsaturated/α-hetero) is 1. The van der Waals surface area contributed by atoms with Gasteiger partial charge < -0.3 is 0 Å². The molecule has 0 saturated carbocycles. The molecule has 2 aromatic rings. The topological polar surface area (TPSA) is 42.9 Å². The van der Waals surface area contributed by atoms with Crippen LogP contribution in [-0.2, 0) is 12.8 Å². The average Bonchev–Trinajstić information content (AvgIpc) is 2.63. The summed E-state index contributed by atoms with van der Waals surface area (Å²) in [4.78, 5) is 20.8. The molecule has 4 heteroatoms.